The van der Waals surface area contributed by atoms with Crippen LogP contribution < -0.4 is 4.72 Å². The van der Waals surface area contributed by atoms with E-state index in [9.17, 15) is 13.2 Å². The van der Waals surface area contributed by atoms with Gasteiger partial charge in [0.25, 0.3) is 10.0 Å². The number of benzene rings is 1. The number of hydrogen-bond donors (Lipinski definition) is 2. The third-order valence-electron chi connectivity index (χ3n) is 2.35. The van der Waals surface area contributed by atoms with Crippen molar-refractivity contribution in [1.82, 2.24) is 10.2 Å². The molecule has 21 heavy (non-hydrogen) atoms. The molecule has 0 spiro atoms. The first-order valence-electron chi connectivity index (χ1n) is 5.34. The fraction of sp³-hybridized carbons (Fsp3) is 0. The van der Waals surface area contributed by atoms with Gasteiger partial charge in [-0.25, -0.2) is 13.2 Å². The van der Waals surface area contributed by atoms with Crippen molar-refractivity contribution in [3.63, 3.8) is 0 Å². The normalized spacial score (nSPS) is 11.1. The zero-order valence-electron chi connectivity index (χ0n) is 10.1. The Morgan fingerprint density at radius 3 is 2.52 bits per heavy atom. The van der Waals surface area contributed by atoms with E-state index in [2.05, 4.69) is 30.8 Å². The summed E-state index contributed by atoms with van der Waals surface area (Å²) in [6.07, 6.45) is 0. The maximum atomic E-state index is 12.2. The first-order valence-corrected chi connectivity index (χ1v) is 8.00. The molecule has 0 fully saturated rings. The van der Waals surface area contributed by atoms with E-state index in [0.29, 0.717) is 0 Å². The summed E-state index contributed by atoms with van der Waals surface area (Å²) in [6, 6.07) is 6.35. The van der Waals surface area contributed by atoms with E-state index in [1.54, 1.807) is 0 Å². The molecule has 0 aliphatic rings. The molecule has 10 heteroatoms. The van der Waals surface area contributed by atoms with Crippen LogP contribution in [0.3, 0.4) is 0 Å². The molecule has 0 unspecified atom stereocenters. The Labute approximate surface area is 133 Å². The van der Waals surface area contributed by atoms with Gasteiger partial charge in [0.1, 0.15) is 0 Å². The van der Waals surface area contributed by atoms with E-state index in [-0.39, 0.29) is 25.9 Å². The Balaban J connectivity index is 2.38. The third kappa shape index (κ3) is 3.69. The highest BCUT2D eigenvalue weighted by molar-refractivity contribution is 9.10. The number of nitrogens with zero attached hydrogens (tertiary/aromatic N) is 2. The monoisotopic (exact) mass is 391 g/mol. The summed E-state index contributed by atoms with van der Waals surface area (Å²) in [5.41, 5.74) is -0.167. The Morgan fingerprint density at radius 2 is 1.95 bits per heavy atom. The van der Waals surface area contributed by atoms with E-state index < -0.39 is 16.0 Å². The lowest BCUT2D eigenvalue weighted by Crippen LogP contribution is -2.15. The number of hydrogen-bond acceptors (Lipinski definition) is 5. The second kappa shape index (κ2) is 5.96. The van der Waals surface area contributed by atoms with Crippen molar-refractivity contribution >= 4 is 49.3 Å². The first-order chi connectivity index (χ1) is 9.79. The fourth-order valence-electron chi connectivity index (χ4n) is 1.40. The predicted octanol–water partition coefficient (Wildman–Crippen LogP) is 2.39. The number of nitrogens with one attached hydrogen (secondary N) is 1. The van der Waals surface area contributed by atoms with Crippen molar-refractivity contribution < 1.29 is 18.3 Å². The molecule has 7 nitrogen and oxygen atoms in total. The molecule has 0 bridgehead atoms. The highest BCUT2D eigenvalue weighted by atomic mass is 79.9. The summed E-state index contributed by atoms with van der Waals surface area (Å²) in [7, 11) is -3.98. The lowest BCUT2D eigenvalue weighted by molar-refractivity contribution is 0.0695. The SMILES string of the molecule is O=C(O)c1cc(S(=O)(=O)Nc2ccc(Cl)nn2)ccc1Br. The molecular formula is C11H7BrClN3O4S. The van der Waals surface area contributed by atoms with E-state index in [1.165, 1.54) is 24.3 Å². The molecule has 0 atom stereocenters. The summed E-state index contributed by atoms with van der Waals surface area (Å²) in [6.45, 7) is 0. The summed E-state index contributed by atoms with van der Waals surface area (Å²) in [4.78, 5) is 10.8. The molecule has 2 aromatic rings. The van der Waals surface area contributed by atoms with E-state index in [1.807, 2.05) is 0 Å². The van der Waals surface area contributed by atoms with Gasteiger partial charge in [-0.1, -0.05) is 11.6 Å². The number of sulfonamides is 1. The van der Waals surface area contributed by atoms with Crippen LogP contribution in [0.5, 0.6) is 0 Å². The zero-order chi connectivity index (χ0) is 15.6. The van der Waals surface area contributed by atoms with Crippen LogP contribution in [0.4, 0.5) is 5.82 Å². The maximum absolute atomic E-state index is 12.2. The van der Waals surface area contributed by atoms with Gasteiger partial charge in [0.05, 0.1) is 10.5 Å². The first kappa shape index (κ1) is 15.7. The van der Waals surface area contributed by atoms with Crippen molar-refractivity contribution in [2.45, 2.75) is 4.90 Å². The number of carboxylic acids is 1. The zero-order valence-corrected chi connectivity index (χ0v) is 13.3. The lowest BCUT2D eigenvalue weighted by Gasteiger charge is -2.08. The minimum Gasteiger partial charge on any atom is -0.478 e. The average Bonchev–Trinajstić information content (AvgIpc) is 2.41. The molecule has 0 radical (unpaired) electrons. The minimum atomic E-state index is -3.98. The van der Waals surface area contributed by atoms with Gasteiger partial charge in [0, 0.05) is 4.47 Å². The molecule has 1 aromatic carbocycles. The van der Waals surface area contributed by atoms with Gasteiger partial charge in [-0.15, -0.1) is 10.2 Å². The Morgan fingerprint density at radius 1 is 1.24 bits per heavy atom. The van der Waals surface area contributed by atoms with Crippen LogP contribution in [-0.2, 0) is 10.0 Å². The maximum Gasteiger partial charge on any atom is 0.336 e. The van der Waals surface area contributed by atoms with Crippen molar-refractivity contribution in [2.75, 3.05) is 4.72 Å². The molecule has 0 aliphatic carbocycles. The highest BCUT2D eigenvalue weighted by Gasteiger charge is 2.19. The summed E-state index contributed by atoms with van der Waals surface area (Å²) in [5.74, 6) is -1.27. The molecule has 110 valence electrons. The van der Waals surface area contributed by atoms with Crippen LogP contribution in [-0.4, -0.2) is 29.7 Å². The van der Waals surface area contributed by atoms with E-state index in [0.717, 1.165) is 6.07 Å². The number of anilines is 1. The average molecular weight is 393 g/mol. The number of rotatable bonds is 4. The Hall–Kier alpha value is -1.71. The molecular weight excluding hydrogens is 386 g/mol. The second-order valence-corrected chi connectivity index (χ2v) is 6.72. The Kier molecular flexibility index (Phi) is 4.45. The van der Waals surface area contributed by atoms with Gasteiger partial charge in [0.2, 0.25) is 0 Å². The Bertz CT molecular complexity index is 796. The highest BCUT2D eigenvalue weighted by Crippen LogP contribution is 2.22. The summed E-state index contributed by atoms with van der Waals surface area (Å²) >= 11 is 8.59. The van der Waals surface area contributed by atoms with Crippen LogP contribution in [0.15, 0.2) is 39.7 Å². The van der Waals surface area contributed by atoms with Crippen LogP contribution in [0, 0.1) is 0 Å². The molecule has 0 amide bonds. The standard InChI is InChI=1S/C11H7BrClN3O4S/c12-8-2-1-6(5-7(8)11(17)18)21(19,20)16-10-4-3-9(13)14-15-10/h1-5H,(H,15,16)(H,17,18). The van der Waals surface area contributed by atoms with Crippen LogP contribution in [0.2, 0.25) is 5.15 Å². The van der Waals surface area contributed by atoms with Crippen molar-refractivity contribution in [2.24, 2.45) is 0 Å². The van der Waals surface area contributed by atoms with Crippen LogP contribution in [0.25, 0.3) is 0 Å². The quantitative estimate of drug-likeness (QED) is 0.827. The van der Waals surface area contributed by atoms with Gasteiger partial charge < -0.3 is 5.11 Å². The van der Waals surface area contributed by atoms with Crippen molar-refractivity contribution in [3.8, 4) is 0 Å². The molecule has 2 rings (SSSR count). The van der Waals surface area contributed by atoms with Gasteiger partial charge in [-0.3, -0.25) is 4.72 Å². The fourth-order valence-corrected chi connectivity index (χ4v) is 2.94. The van der Waals surface area contributed by atoms with Crippen molar-refractivity contribution in [1.29, 1.82) is 0 Å². The smallest absolute Gasteiger partial charge is 0.336 e. The molecule has 2 N–H and O–H groups in total. The predicted molar refractivity (Wildman–Crippen MR) is 79.0 cm³/mol. The summed E-state index contributed by atoms with van der Waals surface area (Å²) in [5, 5.41) is 16.2. The van der Waals surface area contributed by atoms with E-state index >= 15 is 0 Å². The topological polar surface area (TPSA) is 109 Å². The van der Waals surface area contributed by atoms with Crippen LogP contribution >= 0.6 is 27.5 Å². The molecule has 0 aliphatic heterocycles. The molecule has 1 aromatic heterocycles. The van der Waals surface area contributed by atoms with E-state index in [4.69, 9.17) is 16.7 Å². The van der Waals surface area contributed by atoms with Gasteiger partial charge >= 0.3 is 5.97 Å². The van der Waals surface area contributed by atoms with Gasteiger partial charge in [-0.05, 0) is 46.3 Å². The lowest BCUT2D eigenvalue weighted by atomic mass is 10.2. The minimum absolute atomic E-state index is 0.0285. The van der Waals surface area contributed by atoms with Crippen molar-refractivity contribution in [3.05, 3.63) is 45.5 Å². The molecule has 0 saturated carbocycles. The number of aromatic carboxylic acids is 1. The number of halogens is 2. The summed E-state index contributed by atoms with van der Waals surface area (Å²) < 4.78 is 26.8. The van der Waals surface area contributed by atoms with Gasteiger partial charge in [-0.2, -0.15) is 0 Å². The second-order valence-electron chi connectivity index (χ2n) is 3.79. The van der Waals surface area contributed by atoms with Gasteiger partial charge in [0.15, 0.2) is 11.0 Å². The third-order valence-corrected chi connectivity index (χ3v) is 4.59. The number of carbonyl (C=O) groups is 1. The van der Waals surface area contributed by atoms with Crippen LogP contribution in [0.1, 0.15) is 10.4 Å². The largest absolute Gasteiger partial charge is 0.478 e. The number of aromatic nitrogens is 2. The molecule has 1 heterocycles. The number of carboxylic acid groups (broad SMARTS) is 1. The molecule has 0 saturated heterocycles.